The summed E-state index contributed by atoms with van der Waals surface area (Å²) in [5.41, 5.74) is 0.347. The van der Waals surface area contributed by atoms with E-state index in [1.165, 1.54) is 18.2 Å². The fraction of sp³-hybridized carbons (Fsp3) is 0.278. The molecule has 136 valence electrons. The van der Waals surface area contributed by atoms with Crippen LogP contribution in [0.5, 0.6) is 11.5 Å². The van der Waals surface area contributed by atoms with Gasteiger partial charge < -0.3 is 15.0 Å². The monoisotopic (exact) mass is 375 g/mol. The smallest absolute Gasteiger partial charge is 0.313 e. The first-order chi connectivity index (χ1) is 12.5. The molecule has 0 aliphatic carbocycles. The molecule has 0 spiro atoms. The molecular weight excluding hydrogens is 358 g/mol. The summed E-state index contributed by atoms with van der Waals surface area (Å²) >= 11 is 5.80. The molecule has 26 heavy (non-hydrogen) atoms. The van der Waals surface area contributed by atoms with Crippen molar-refractivity contribution in [2.75, 3.05) is 26.2 Å². The van der Waals surface area contributed by atoms with E-state index < -0.39 is 4.92 Å². The van der Waals surface area contributed by atoms with Crippen molar-refractivity contribution in [3.05, 3.63) is 63.2 Å². The third kappa shape index (κ3) is 4.30. The molecule has 2 aromatic rings. The lowest BCUT2D eigenvalue weighted by molar-refractivity contribution is -0.385. The van der Waals surface area contributed by atoms with Crippen LogP contribution >= 0.6 is 11.6 Å². The summed E-state index contributed by atoms with van der Waals surface area (Å²) in [6.07, 6.45) is 0.924. The Morgan fingerprint density at radius 3 is 2.65 bits per heavy atom. The van der Waals surface area contributed by atoms with Crippen LogP contribution in [0, 0.1) is 10.1 Å². The Labute approximate surface area is 155 Å². The molecular formula is C18H18ClN3O4. The van der Waals surface area contributed by atoms with Gasteiger partial charge in [0, 0.05) is 36.3 Å². The molecule has 0 aromatic heterocycles. The minimum atomic E-state index is -0.549. The molecule has 0 bridgehead atoms. The van der Waals surface area contributed by atoms with E-state index in [1.54, 1.807) is 24.3 Å². The topological polar surface area (TPSA) is 84.7 Å². The Hall–Kier alpha value is -2.64. The van der Waals surface area contributed by atoms with E-state index in [0.717, 1.165) is 26.1 Å². The van der Waals surface area contributed by atoms with Crippen molar-refractivity contribution in [1.29, 1.82) is 0 Å². The van der Waals surface area contributed by atoms with E-state index in [1.807, 2.05) is 4.90 Å². The predicted octanol–water partition coefficient (Wildman–Crippen LogP) is 3.48. The van der Waals surface area contributed by atoms with Crippen LogP contribution in [0.25, 0.3) is 0 Å². The summed E-state index contributed by atoms with van der Waals surface area (Å²) in [5.74, 6) is 0.472. The maximum atomic E-state index is 12.6. The van der Waals surface area contributed by atoms with Crippen molar-refractivity contribution < 1.29 is 14.5 Å². The number of hydrogen-bond acceptors (Lipinski definition) is 5. The molecule has 0 atom stereocenters. The van der Waals surface area contributed by atoms with Crippen LogP contribution in [-0.2, 0) is 0 Å². The Kier molecular flexibility index (Phi) is 5.70. The number of ether oxygens (including phenoxy) is 1. The highest BCUT2D eigenvalue weighted by molar-refractivity contribution is 6.30. The number of hydrogen-bond donors (Lipinski definition) is 1. The summed E-state index contributed by atoms with van der Waals surface area (Å²) in [6.45, 7) is 3.10. The zero-order valence-electron chi connectivity index (χ0n) is 14.0. The maximum absolute atomic E-state index is 12.6. The van der Waals surface area contributed by atoms with Gasteiger partial charge in [-0.1, -0.05) is 11.6 Å². The molecule has 1 fully saturated rings. The van der Waals surface area contributed by atoms with Gasteiger partial charge in [-0.15, -0.1) is 0 Å². The Balaban J connectivity index is 1.74. The van der Waals surface area contributed by atoms with E-state index in [4.69, 9.17) is 16.3 Å². The third-order valence-corrected chi connectivity index (χ3v) is 4.31. The lowest BCUT2D eigenvalue weighted by atomic mass is 10.2. The van der Waals surface area contributed by atoms with Gasteiger partial charge in [0.2, 0.25) is 5.75 Å². The normalized spacial score (nSPS) is 14.6. The molecule has 0 radical (unpaired) electrons. The molecule has 1 heterocycles. The van der Waals surface area contributed by atoms with Gasteiger partial charge in [0.15, 0.2) is 0 Å². The molecule has 7 nitrogen and oxygen atoms in total. The number of rotatable bonds is 4. The number of nitro groups is 1. The van der Waals surface area contributed by atoms with E-state index in [-0.39, 0.29) is 22.4 Å². The van der Waals surface area contributed by atoms with E-state index >= 15 is 0 Å². The van der Waals surface area contributed by atoms with Crippen LogP contribution in [0.15, 0.2) is 42.5 Å². The van der Waals surface area contributed by atoms with Gasteiger partial charge in [0.05, 0.1) is 4.92 Å². The first-order valence-electron chi connectivity index (χ1n) is 8.26. The van der Waals surface area contributed by atoms with Gasteiger partial charge in [0.1, 0.15) is 5.75 Å². The first-order valence-corrected chi connectivity index (χ1v) is 8.64. The molecule has 3 rings (SSSR count). The molecule has 0 unspecified atom stereocenters. The quantitative estimate of drug-likeness (QED) is 0.653. The van der Waals surface area contributed by atoms with Crippen molar-refractivity contribution in [2.24, 2.45) is 0 Å². The number of nitro benzene ring substituents is 1. The SMILES string of the molecule is O=C(c1ccc(Oc2ccc(Cl)cc2[N+](=O)[O-])cc1)N1CCCNCC1. The zero-order chi connectivity index (χ0) is 18.5. The largest absolute Gasteiger partial charge is 0.450 e. The minimum absolute atomic E-state index is 0.0299. The molecule has 1 aliphatic rings. The number of benzene rings is 2. The second-order valence-electron chi connectivity index (χ2n) is 5.89. The predicted molar refractivity (Wildman–Crippen MR) is 98.0 cm³/mol. The highest BCUT2D eigenvalue weighted by atomic mass is 35.5. The molecule has 1 saturated heterocycles. The summed E-state index contributed by atoms with van der Waals surface area (Å²) in [5, 5.41) is 14.6. The standard InChI is InChI=1S/C18H18ClN3O4/c19-14-4-7-17(16(12-14)22(24)25)26-15-5-2-13(3-6-15)18(23)21-10-1-8-20-9-11-21/h2-7,12,20H,1,8-11H2. The van der Waals surface area contributed by atoms with Crippen LogP contribution in [0.1, 0.15) is 16.8 Å². The van der Waals surface area contributed by atoms with Crippen molar-refractivity contribution >= 4 is 23.2 Å². The highest BCUT2D eigenvalue weighted by Gasteiger charge is 2.19. The Morgan fingerprint density at radius 2 is 1.92 bits per heavy atom. The Morgan fingerprint density at radius 1 is 1.15 bits per heavy atom. The molecule has 0 saturated carbocycles. The van der Waals surface area contributed by atoms with Crippen LogP contribution in [0.3, 0.4) is 0 Å². The first kappa shape index (κ1) is 18.2. The zero-order valence-corrected chi connectivity index (χ0v) is 14.7. The summed E-state index contributed by atoms with van der Waals surface area (Å²) in [6, 6.07) is 10.8. The third-order valence-electron chi connectivity index (χ3n) is 4.07. The number of carbonyl (C=O) groups excluding carboxylic acids is 1. The van der Waals surface area contributed by atoms with E-state index in [0.29, 0.717) is 17.9 Å². The van der Waals surface area contributed by atoms with Gasteiger partial charge in [-0.3, -0.25) is 14.9 Å². The lowest BCUT2D eigenvalue weighted by Crippen LogP contribution is -2.34. The second kappa shape index (κ2) is 8.16. The van der Waals surface area contributed by atoms with Crippen molar-refractivity contribution in [1.82, 2.24) is 10.2 Å². The molecule has 1 amide bonds. The van der Waals surface area contributed by atoms with Gasteiger partial charge >= 0.3 is 5.69 Å². The van der Waals surface area contributed by atoms with E-state index in [2.05, 4.69) is 5.32 Å². The van der Waals surface area contributed by atoms with Crippen LogP contribution in [0.2, 0.25) is 5.02 Å². The van der Waals surface area contributed by atoms with Crippen LogP contribution < -0.4 is 10.1 Å². The van der Waals surface area contributed by atoms with Gasteiger partial charge in [-0.05, 0) is 49.4 Å². The lowest BCUT2D eigenvalue weighted by Gasteiger charge is -2.20. The molecule has 1 N–H and O–H groups in total. The van der Waals surface area contributed by atoms with Gasteiger partial charge in [-0.2, -0.15) is 0 Å². The Bertz CT molecular complexity index is 803. The maximum Gasteiger partial charge on any atom is 0.313 e. The van der Waals surface area contributed by atoms with Crippen LogP contribution in [0.4, 0.5) is 5.69 Å². The number of carbonyl (C=O) groups is 1. The average molecular weight is 376 g/mol. The van der Waals surface area contributed by atoms with Gasteiger partial charge in [0.25, 0.3) is 5.91 Å². The number of nitrogens with one attached hydrogen (secondary N) is 1. The van der Waals surface area contributed by atoms with E-state index in [9.17, 15) is 14.9 Å². The second-order valence-corrected chi connectivity index (χ2v) is 6.33. The summed E-state index contributed by atoms with van der Waals surface area (Å²) in [7, 11) is 0. The number of halogens is 1. The molecule has 8 heteroatoms. The van der Waals surface area contributed by atoms with Crippen molar-refractivity contribution in [3.8, 4) is 11.5 Å². The minimum Gasteiger partial charge on any atom is -0.450 e. The molecule has 1 aliphatic heterocycles. The number of nitrogens with zero attached hydrogens (tertiary/aromatic N) is 2. The molecule has 2 aromatic carbocycles. The fourth-order valence-corrected chi connectivity index (χ4v) is 2.91. The van der Waals surface area contributed by atoms with Crippen LogP contribution in [-0.4, -0.2) is 41.9 Å². The fourth-order valence-electron chi connectivity index (χ4n) is 2.74. The summed E-state index contributed by atoms with van der Waals surface area (Å²) < 4.78 is 5.59. The van der Waals surface area contributed by atoms with Crippen molar-refractivity contribution in [3.63, 3.8) is 0 Å². The number of amides is 1. The summed E-state index contributed by atoms with van der Waals surface area (Å²) in [4.78, 5) is 24.9. The van der Waals surface area contributed by atoms with Gasteiger partial charge in [-0.25, -0.2) is 0 Å². The highest BCUT2D eigenvalue weighted by Crippen LogP contribution is 2.33. The average Bonchev–Trinajstić information content (AvgIpc) is 2.92. The van der Waals surface area contributed by atoms with Crippen molar-refractivity contribution in [2.45, 2.75) is 6.42 Å².